The number of benzene rings is 3. The van der Waals surface area contributed by atoms with E-state index in [0.29, 0.717) is 5.69 Å². The first kappa shape index (κ1) is 30.3. The molecule has 4 rings (SSSR count). The summed E-state index contributed by atoms with van der Waals surface area (Å²) in [7, 11) is -4.08. The monoisotopic (exact) mass is 575 g/mol. The van der Waals surface area contributed by atoms with E-state index in [4.69, 9.17) is 0 Å². The Hall–Kier alpha value is -3.65. The SMILES string of the molecule is Cc1ccc(S(=O)(=O)N(CC(=O)N(Cc2cccc(C)c2)[C@@H](C)C(=O)NC2CCCCC2)c2cccc(C)c2)cc1. The Labute approximate surface area is 244 Å². The van der Waals surface area contributed by atoms with Gasteiger partial charge in [0.25, 0.3) is 10.0 Å². The molecule has 0 radical (unpaired) electrons. The zero-order valence-electron chi connectivity index (χ0n) is 24.5. The Morgan fingerprint density at radius 2 is 1.49 bits per heavy atom. The standard InChI is InChI=1S/C33H41N3O4S/c1-24-16-18-31(19-17-24)41(39,40)36(30-15-9-11-26(3)21-30)23-32(37)35(22-28-12-8-10-25(2)20-28)27(4)33(38)34-29-13-6-5-7-14-29/h8-12,15-21,27,29H,5-7,13-14,22-23H2,1-4H3,(H,34,38)/t27-/m0/s1. The van der Waals surface area contributed by atoms with Crippen LogP contribution in [-0.4, -0.2) is 43.8 Å². The van der Waals surface area contributed by atoms with Crippen molar-refractivity contribution < 1.29 is 18.0 Å². The van der Waals surface area contributed by atoms with E-state index in [-0.39, 0.29) is 23.4 Å². The van der Waals surface area contributed by atoms with E-state index in [1.165, 1.54) is 11.3 Å². The van der Waals surface area contributed by atoms with Gasteiger partial charge >= 0.3 is 0 Å². The van der Waals surface area contributed by atoms with Crippen molar-refractivity contribution in [3.63, 3.8) is 0 Å². The predicted molar refractivity (Wildman–Crippen MR) is 163 cm³/mol. The number of nitrogens with zero attached hydrogens (tertiary/aromatic N) is 2. The zero-order valence-corrected chi connectivity index (χ0v) is 25.3. The summed E-state index contributed by atoms with van der Waals surface area (Å²) in [5.74, 6) is -0.670. The Morgan fingerprint density at radius 1 is 0.854 bits per heavy atom. The van der Waals surface area contributed by atoms with Gasteiger partial charge in [-0.2, -0.15) is 0 Å². The zero-order chi connectivity index (χ0) is 29.6. The normalized spacial score (nSPS) is 14.7. The van der Waals surface area contributed by atoms with Gasteiger partial charge in [0, 0.05) is 12.6 Å². The molecule has 0 saturated heterocycles. The van der Waals surface area contributed by atoms with Crippen molar-refractivity contribution in [1.29, 1.82) is 0 Å². The van der Waals surface area contributed by atoms with Crippen molar-refractivity contribution in [2.45, 2.75) is 83.3 Å². The van der Waals surface area contributed by atoms with Crippen molar-refractivity contribution in [1.82, 2.24) is 10.2 Å². The first-order chi connectivity index (χ1) is 19.5. The highest BCUT2D eigenvalue weighted by Gasteiger charge is 2.33. The van der Waals surface area contributed by atoms with Gasteiger partial charge in [-0.1, -0.05) is 78.9 Å². The number of nitrogens with one attached hydrogen (secondary N) is 1. The van der Waals surface area contributed by atoms with Gasteiger partial charge in [0.2, 0.25) is 11.8 Å². The van der Waals surface area contributed by atoms with Gasteiger partial charge in [-0.3, -0.25) is 13.9 Å². The highest BCUT2D eigenvalue weighted by atomic mass is 32.2. The molecule has 0 spiro atoms. The lowest BCUT2D eigenvalue weighted by molar-refractivity contribution is -0.139. The Kier molecular flexibility index (Phi) is 9.86. The molecule has 8 heteroatoms. The molecule has 41 heavy (non-hydrogen) atoms. The first-order valence-corrected chi connectivity index (χ1v) is 15.8. The fraction of sp³-hybridized carbons (Fsp3) is 0.394. The van der Waals surface area contributed by atoms with Gasteiger partial charge in [-0.05, 0) is 75.9 Å². The van der Waals surface area contributed by atoms with Crippen molar-refractivity contribution in [2.75, 3.05) is 10.8 Å². The molecule has 1 aliphatic rings. The topological polar surface area (TPSA) is 86.8 Å². The predicted octanol–water partition coefficient (Wildman–Crippen LogP) is 5.67. The summed E-state index contributed by atoms with van der Waals surface area (Å²) in [4.78, 5) is 29.1. The van der Waals surface area contributed by atoms with Crippen LogP contribution in [0.1, 0.15) is 61.3 Å². The minimum Gasteiger partial charge on any atom is -0.352 e. The van der Waals surface area contributed by atoms with Crippen LogP contribution in [0.4, 0.5) is 5.69 Å². The van der Waals surface area contributed by atoms with Crippen LogP contribution in [0.5, 0.6) is 0 Å². The lowest BCUT2D eigenvalue weighted by Gasteiger charge is -2.33. The van der Waals surface area contributed by atoms with Crippen LogP contribution in [0, 0.1) is 20.8 Å². The molecule has 1 fully saturated rings. The summed E-state index contributed by atoms with van der Waals surface area (Å²) in [6.07, 6.45) is 5.19. The maximum atomic E-state index is 14.1. The van der Waals surface area contributed by atoms with Gasteiger partial charge in [0.15, 0.2) is 0 Å². The van der Waals surface area contributed by atoms with Crippen LogP contribution in [-0.2, 0) is 26.2 Å². The third-order valence-electron chi connectivity index (χ3n) is 7.73. The number of hydrogen-bond donors (Lipinski definition) is 1. The van der Waals surface area contributed by atoms with Crippen molar-refractivity contribution in [3.05, 3.63) is 95.1 Å². The number of rotatable bonds is 10. The molecule has 0 aliphatic heterocycles. The highest BCUT2D eigenvalue weighted by Crippen LogP contribution is 2.26. The molecule has 1 atom stereocenters. The van der Waals surface area contributed by atoms with Crippen LogP contribution < -0.4 is 9.62 Å². The Bertz CT molecular complexity index is 1460. The second-order valence-electron chi connectivity index (χ2n) is 11.2. The number of sulfonamides is 1. The highest BCUT2D eigenvalue weighted by molar-refractivity contribution is 7.92. The molecule has 0 heterocycles. The summed E-state index contributed by atoms with van der Waals surface area (Å²) in [5, 5.41) is 3.14. The van der Waals surface area contributed by atoms with Crippen LogP contribution in [0.25, 0.3) is 0 Å². The fourth-order valence-electron chi connectivity index (χ4n) is 5.31. The van der Waals surface area contributed by atoms with E-state index < -0.39 is 28.5 Å². The van der Waals surface area contributed by atoms with Gasteiger partial charge in [-0.25, -0.2) is 8.42 Å². The van der Waals surface area contributed by atoms with E-state index in [9.17, 15) is 18.0 Å². The first-order valence-electron chi connectivity index (χ1n) is 14.4. The third kappa shape index (κ3) is 7.76. The minimum absolute atomic E-state index is 0.0975. The van der Waals surface area contributed by atoms with E-state index in [1.54, 1.807) is 49.4 Å². The molecule has 1 aliphatic carbocycles. The Morgan fingerprint density at radius 3 is 2.12 bits per heavy atom. The number of aryl methyl sites for hydroxylation is 3. The van der Waals surface area contributed by atoms with Gasteiger partial charge in [-0.15, -0.1) is 0 Å². The Balaban J connectivity index is 1.68. The number of carbonyl (C=O) groups is 2. The molecule has 218 valence electrons. The average molecular weight is 576 g/mol. The maximum absolute atomic E-state index is 14.1. The summed E-state index contributed by atoms with van der Waals surface area (Å²) in [6, 6.07) is 20.8. The van der Waals surface area contributed by atoms with E-state index in [1.807, 2.05) is 51.1 Å². The minimum atomic E-state index is -4.08. The smallest absolute Gasteiger partial charge is 0.264 e. The van der Waals surface area contributed by atoms with Crippen LogP contribution >= 0.6 is 0 Å². The molecule has 3 aromatic rings. The van der Waals surface area contributed by atoms with Crippen LogP contribution in [0.2, 0.25) is 0 Å². The van der Waals surface area contributed by atoms with Gasteiger partial charge < -0.3 is 10.2 Å². The van der Waals surface area contributed by atoms with Crippen molar-refractivity contribution in [2.24, 2.45) is 0 Å². The lowest BCUT2D eigenvalue weighted by atomic mass is 9.95. The number of carbonyl (C=O) groups excluding carboxylic acids is 2. The molecule has 0 aromatic heterocycles. The second-order valence-corrected chi connectivity index (χ2v) is 13.1. The summed E-state index contributed by atoms with van der Waals surface area (Å²) in [5.41, 5.74) is 4.12. The molecule has 3 aromatic carbocycles. The summed E-state index contributed by atoms with van der Waals surface area (Å²) in [6.45, 7) is 7.21. The average Bonchev–Trinajstić information content (AvgIpc) is 2.95. The fourth-order valence-corrected chi connectivity index (χ4v) is 6.71. The van der Waals surface area contributed by atoms with Gasteiger partial charge in [0.05, 0.1) is 10.6 Å². The lowest BCUT2D eigenvalue weighted by Crippen LogP contribution is -2.53. The van der Waals surface area contributed by atoms with E-state index in [2.05, 4.69) is 5.32 Å². The largest absolute Gasteiger partial charge is 0.352 e. The quantitative estimate of drug-likeness (QED) is 0.337. The second kappa shape index (κ2) is 13.3. The molecular weight excluding hydrogens is 534 g/mol. The number of amides is 2. The summed E-state index contributed by atoms with van der Waals surface area (Å²) >= 11 is 0. The molecule has 7 nitrogen and oxygen atoms in total. The number of hydrogen-bond acceptors (Lipinski definition) is 4. The van der Waals surface area contributed by atoms with Crippen LogP contribution in [0.15, 0.2) is 77.7 Å². The number of anilines is 1. The van der Waals surface area contributed by atoms with E-state index in [0.717, 1.165) is 52.2 Å². The molecule has 0 bridgehead atoms. The molecular formula is C33H41N3O4S. The third-order valence-corrected chi connectivity index (χ3v) is 9.52. The maximum Gasteiger partial charge on any atom is 0.264 e. The molecule has 1 saturated carbocycles. The van der Waals surface area contributed by atoms with Crippen LogP contribution in [0.3, 0.4) is 0 Å². The van der Waals surface area contributed by atoms with Crippen molar-refractivity contribution in [3.8, 4) is 0 Å². The van der Waals surface area contributed by atoms with Crippen molar-refractivity contribution >= 4 is 27.5 Å². The molecule has 2 amide bonds. The van der Waals surface area contributed by atoms with Gasteiger partial charge in [0.1, 0.15) is 12.6 Å². The summed E-state index contributed by atoms with van der Waals surface area (Å²) < 4.78 is 29.1. The van der Waals surface area contributed by atoms with E-state index >= 15 is 0 Å². The molecule has 1 N–H and O–H groups in total. The molecule has 0 unspecified atom stereocenters.